The number of hydrogen-bond acceptors (Lipinski definition) is 7. The summed E-state index contributed by atoms with van der Waals surface area (Å²) in [5.41, 5.74) is 1.79. The number of rotatable bonds is 7. The Bertz CT molecular complexity index is 1240. The van der Waals surface area contributed by atoms with Gasteiger partial charge < -0.3 is 13.9 Å². The average Bonchev–Trinajstić information content (AvgIpc) is 3.39. The number of nitrogens with zero attached hydrogens (tertiary/aromatic N) is 1. The average molecular weight is 528 g/mol. The molecule has 1 aromatic heterocycles. The summed E-state index contributed by atoms with van der Waals surface area (Å²) >= 11 is 4.35. The molecule has 9 heteroatoms. The van der Waals surface area contributed by atoms with Crippen molar-refractivity contribution in [3.8, 4) is 5.75 Å². The zero-order valence-corrected chi connectivity index (χ0v) is 19.9. The molecular weight excluding hydrogens is 510 g/mol. The Labute approximate surface area is 202 Å². The zero-order valence-electron chi connectivity index (χ0n) is 17.4. The maximum atomic E-state index is 12.8. The highest BCUT2D eigenvalue weighted by Gasteiger charge is 2.35. The minimum absolute atomic E-state index is 0.00874. The second-order valence-corrected chi connectivity index (χ2v) is 8.84. The molecule has 2 aromatic carbocycles. The number of furan rings is 1. The molecule has 7 nitrogen and oxygen atoms in total. The van der Waals surface area contributed by atoms with Gasteiger partial charge in [-0.15, -0.1) is 0 Å². The Balaban J connectivity index is 1.44. The van der Waals surface area contributed by atoms with Crippen LogP contribution < -0.4 is 4.74 Å². The number of ether oxygens (including phenoxy) is 2. The van der Waals surface area contributed by atoms with E-state index in [2.05, 4.69) is 20.7 Å². The van der Waals surface area contributed by atoms with E-state index in [-0.39, 0.29) is 12.3 Å². The van der Waals surface area contributed by atoms with E-state index in [1.807, 2.05) is 42.5 Å². The first-order chi connectivity index (χ1) is 15.9. The fraction of sp³-hybridized carbons (Fsp3) is 0.125. The predicted molar refractivity (Wildman–Crippen MR) is 126 cm³/mol. The maximum Gasteiger partial charge on any atom is 0.373 e. The van der Waals surface area contributed by atoms with Crippen molar-refractivity contribution < 1.29 is 28.3 Å². The highest BCUT2D eigenvalue weighted by Crippen LogP contribution is 2.35. The van der Waals surface area contributed by atoms with Crippen molar-refractivity contribution in [2.24, 2.45) is 0 Å². The first kappa shape index (κ1) is 22.9. The number of esters is 1. The minimum atomic E-state index is -0.628. The molecule has 168 valence electrons. The van der Waals surface area contributed by atoms with Crippen molar-refractivity contribution in [1.82, 2.24) is 4.90 Å². The van der Waals surface area contributed by atoms with Gasteiger partial charge in [-0.05, 0) is 69.2 Å². The molecule has 0 bridgehead atoms. The lowest BCUT2D eigenvalue weighted by Gasteiger charge is -2.10. The first-order valence-corrected chi connectivity index (χ1v) is 11.4. The Morgan fingerprint density at radius 3 is 2.64 bits per heavy atom. The van der Waals surface area contributed by atoms with Crippen LogP contribution in [0.1, 0.15) is 27.4 Å². The van der Waals surface area contributed by atoms with Crippen LogP contribution in [0.15, 0.2) is 74.5 Å². The number of benzene rings is 2. The van der Waals surface area contributed by atoms with Gasteiger partial charge in [-0.3, -0.25) is 14.5 Å². The van der Waals surface area contributed by atoms with Gasteiger partial charge >= 0.3 is 5.97 Å². The topological polar surface area (TPSA) is 86.0 Å². The molecule has 0 radical (unpaired) electrons. The Morgan fingerprint density at radius 2 is 1.91 bits per heavy atom. The van der Waals surface area contributed by atoms with Crippen molar-refractivity contribution in [3.63, 3.8) is 0 Å². The Morgan fingerprint density at radius 1 is 1.12 bits per heavy atom. The highest BCUT2D eigenvalue weighted by molar-refractivity contribution is 9.10. The largest absolute Gasteiger partial charge is 0.488 e. The molecule has 0 saturated carbocycles. The lowest BCUT2D eigenvalue weighted by atomic mass is 10.2. The molecule has 0 spiro atoms. The Kier molecular flexibility index (Phi) is 7.00. The fourth-order valence-electron chi connectivity index (χ4n) is 3.08. The molecular formula is C24H18BrNO6S. The van der Waals surface area contributed by atoms with Gasteiger partial charge in [0.1, 0.15) is 18.1 Å². The van der Waals surface area contributed by atoms with Crippen LogP contribution in [-0.2, 0) is 22.7 Å². The van der Waals surface area contributed by atoms with E-state index >= 15 is 0 Å². The third-order valence-corrected chi connectivity index (χ3v) is 6.25. The van der Waals surface area contributed by atoms with Crippen LogP contribution in [0.5, 0.6) is 5.75 Å². The van der Waals surface area contributed by atoms with Crippen molar-refractivity contribution in [3.05, 3.63) is 92.7 Å². The van der Waals surface area contributed by atoms with E-state index in [0.29, 0.717) is 23.0 Å². The van der Waals surface area contributed by atoms with Crippen molar-refractivity contribution in [1.29, 1.82) is 0 Å². The van der Waals surface area contributed by atoms with Gasteiger partial charge in [0.2, 0.25) is 5.76 Å². The number of imide groups is 1. The van der Waals surface area contributed by atoms with E-state index < -0.39 is 17.1 Å². The monoisotopic (exact) mass is 527 g/mol. The molecule has 1 saturated heterocycles. The normalized spacial score (nSPS) is 14.7. The number of carbonyl (C=O) groups excluding carboxylic acids is 3. The summed E-state index contributed by atoms with van der Waals surface area (Å²) in [5, 5.41) is -0.413. The summed E-state index contributed by atoms with van der Waals surface area (Å²) in [5.74, 6) is -0.0713. The molecule has 0 aliphatic carbocycles. The van der Waals surface area contributed by atoms with Crippen LogP contribution in [0.3, 0.4) is 0 Å². The quantitative estimate of drug-likeness (QED) is 0.290. The van der Waals surface area contributed by atoms with E-state index in [1.54, 1.807) is 12.1 Å². The zero-order chi connectivity index (χ0) is 23.4. The number of carbonyl (C=O) groups is 3. The van der Waals surface area contributed by atoms with Gasteiger partial charge in [0.15, 0.2) is 0 Å². The molecule has 2 amide bonds. The van der Waals surface area contributed by atoms with Gasteiger partial charge in [0.05, 0.1) is 23.0 Å². The van der Waals surface area contributed by atoms with Crippen LogP contribution in [0.25, 0.3) is 6.08 Å². The molecule has 1 aliphatic heterocycles. The van der Waals surface area contributed by atoms with Crippen molar-refractivity contribution >= 4 is 50.9 Å². The lowest BCUT2D eigenvalue weighted by molar-refractivity contribution is -0.123. The summed E-state index contributed by atoms with van der Waals surface area (Å²) < 4.78 is 16.5. The van der Waals surface area contributed by atoms with Crippen LogP contribution >= 0.6 is 27.7 Å². The third-order valence-electron chi connectivity index (χ3n) is 4.73. The molecule has 1 fully saturated rings. The van der Waals surface area contributed by atoms with Gasteiger partial charge in [-0.2, -0.15) is 0 Å². The number of hydrogen-bond donors (Lipinski definition) is 0. The molecule has 2 heterocycles. The number of halogens is 1. The number of thioether (sulfide) groups is 1. The summed E-state index contributed by atoms with van der Waals surface area (Å²) in [7, 11) is 1.24. The molecule has 0 unspecified atom stereocenters. The fourth-order valence-corrected chi connectivity index (χ4v) is 4.43. The van der Waals surface area contributed by atoms with Crippen molar-refractivity contribution in [2.45, 2.75) is 13.2 Å². The molecule has 1 aliphatic rings. The van der Waals surface area contributed by atoms with Crippen LogP contribution in [0, 0.1) is 0 Å². The van der Waals surface area contributed by atoms with Gasteiger partial charge in [-0.1, -0.05) is 36.4 Å². The Hall–Kier alpha value is -3.30. The molecule has 0 atom stereocenters. The van der Waals surface area contributed by atoms with Gasteiger partial charge in [-0.25, -0.2) is 4.79 Å². The second-order valence-electron chi connectivity index (χ2n) is 6.99. The second kappa shape index (κ2) is 10.1. The third kappa shape index (κ3) is 5.37. The molecule has 33 heavy (non-hydrogen) atoms. The SMILES string of the molecule is COC(=O)c1ccc(CN2C(=O)S/C(=C/c3ccc(OCc4ccccc4)c(Br)c3)C2=O)o1. The smallest absolute Gasteiger partial charge is 0.373 e. The van der Waals surface area contributed by atoms with E-state index in [0.717, 1.165) is 32.3 Å². The van der Waals surface area contributed by atoms with Crippen molar-refractivity contribution in [2.75, 3.05) is 7.11 Å². The predicted octanol–water partition coefficient (Wildman–Crippen LogP) is 5.64. The van der Waals surface area contributed by atoms with E-state index in [4.69, 9.17) is 9.15 Å². The van der Waals surface area contributed by atoms with Gasteiger partial charge in [0, 0.05) is 0 Å². The van der Waals surface area contributed by atoms with Crippen LogP contribution in [0.2, 0.25) is 0 Å². The summed E-state index contributed by atoms with van der Waals surface area (Å²) in [6, 6.07) is 18.2. The number of amides is 2. The van der Waals surface area contributed by atoms with Gasteiger partial charge in [0.25, 0.3) is 11.1 Å². The standard InChI is InChI=1S/C24H18BrNO6S/c1-30-23(28)20-10-8-17(32-20)13-26-22(27)21(33-24(26)29)12-16-7-9-19(18(25)11-16)31-14-15-5-3-2-4-6-15/h2-12H,13-14H2,1H3/b21-12+. The highest BCUT2D eigenvalue weighted by atomic mass is 79.9. The summed E-state index contributed by atoms with van der Waals surface area (Å²) in [4.78, 5) is 38.1. The van der Waals surface area contributed by atoms with Crippen LogP contribution in [-0.4, -0.2) is 29.1 Å². The van der Waals surface area contributed by atoms with E-state index in [9.17, 15) is 14.4 Å². The van der Waals surface area contributed by atoms with E-state index in [1.165, 1.54) is 19.2 Å². The minimum Gasteiger partial charge on any atom is -0.488 e. The summed E-state index contributed by atoms with van der Waals surface area (Å²) in [6.07, 6.45) is 1.65. The maximum absolute atomic E-state index is 12.8. The number of methoxy groups -OCH3 is 1. The first-order valence-electron chi connectivity index (χ1n) is 9.83. The lowest BCUT2D eigenvalue weighted by Crippen LogP contribution is -2.27. The molecule has 0 N–H and O–H groups in total. The molecule has 3 aromatic rings. The summed E-state index contributed by atoms with van der Waals surface area (Å²) in [6.45, 7) is 0.358. The molecule has 4 rings (SSSR count). The van der Waals surface area contributed by atoms with Crippen LogP contribution in [0.4, 0.5) is 4.79 Å².